The van der Waals surface area contributed by atoms with Crippen LogP contribution in [0.2, 0.25) is 0 Å². The molecule has 1 rings (SSSR count). The Kier molecular flexibility index (Phi) is 2.84. The Morgan fingerprint density at radius 2 is 2.45 bits per heavy atom. The van der Waals surface area contributed by atoms with Crippen LogP contribution in [0.5, 0.6) is 0 Å². The smallest absolute Gasteiger partial charge is 0.116 e. The predicted molar refractivity (Wildman–Crippen MR) is 44.4 cm³/mol. The van der Waals surface area contributed by atoms with Crippen molar-refractivity contribution >= 4 is 10.8 Å². The van der Waals surface area contributed by atoms with Gasteiger partial charge in [0.25, 0.3) is 0 Å². The van der Waals surface area contributed by atoms with E-state index < -0.39 is 10.8 Å². The number of nitrogens with two attached hydrogens (primary N) is 1. The van der Waals surface area contributed by atoms with Gasteiger partial charge in [-0.15, -0.1) is 0 Å². The summed E-state index contributed by atoms with van der Waals surface area (Å²) in [6.07, 6.45) is 3.24. The summed E-state index contributed by atoms with van der Waals surface area (Å²) in [7, 11) is -0.840. The van der Waals surface area contributed by atoms with Crippen molar-refractivity contribution in [3.05, 3.63) is 23.7 Å². The molecule has 1 heterocycles. The van der Waals surface area contributed by atoms with E-state index in [-0.39, 0.29) is 0 Å². The third-order valence-electron chi connectivity index (χ3n) is 1.29. The van der Waals surface area contributed by atoms with Gasteiger partial charge in [-0.1, -0.05) is 0 Å². The number of rotatable bonds is 3. The summed E-state index contributed by atoms with van der Waals surface area (Å²) < 4.78 is 15.8. The zero-order chi connectivity index (χ0) is 8.27. The molecular formula is C7H11NO2S. The SMILES string of the molecule is CS(=O)Cc1cc(CN)co1. The maximum atomic E-state index is 10.7. The van der Waals surface area contributed by atoms with E-state index in [1.807, 2.05) is 6.07 Å². The van der Waals surface area contributed by atoms with Crippen LogP contribution in [-0.4, -0.2) is 10.5 Å². The van der Waals surface area contributed by atoms with E-state index in [1.165, 1.54) is 0 Å². The molecule has 0 aromatic carbocycles. The van der Waals surface area contributed by atoms with E-state index in [4.69, 9.17) is 10.2 Å². The maximum Gasteiger partial charge on any atom is 0.116 e. The average molecular weight is 173 g/mol. The second kappa shape index (κ2) is 3.69. The van der Waals surface area contributed by atoms with Crippen LogP contribution in [0.3, 0.4) is 0 Å². The summed E-state index contributed by atoms with van der Waals surface area (Å²) in [5, 5.41) is 0. The Balaban J connectivity index is 2.65. The van der Waals surface area contributed by atoms with Gasteiger partial charge in [0, 0.05) is 29.2 Å². The second-order valence-electron chi connectivity index (χ2n) is 2.34. The van der Waals surface area contributed by atoms with Crippen molar-refractivity contribution in [3.63, 3.8) is 0 Å². The molecule has 2 N–H and O–H groups in total. The molecule has 1 aromatic heterocycles. The van der Waals surface area contributed by atoms with Gasteiger partial charge in [0.05, 0.1) is 12.0 Å². The summed E-state index contributed by atoms with van der Waals surface area (Å²) in [6, 6.07) is 1.83. The van der Waals surface area contributed by atoms with Gasteiger partial charge >= 0.3 is 0 Å². The average Bonchev–Trinajstić information content (AvgIpc) is 2.34. The topological polar surface area (TPSA) is 56.2 Å². The lowest BCUT2D eigenvalue weighted by molar-refractivity contribution is 0.526. The zero-order valence-corrected chi connectivity index (χ0v) is 7.19. The highest BCUT2D eigenvalue weighted by molar-refractivity contribution is 7.83. The molecule has 0 spiro atoms. The molecule has 0 aliphatic rings. The maximum absolute atomic E-state index is 10.7. The van der Waals surface area contributed by atoms with E-state index in [0.717, 1.165) is 11.3 Å². The molecule has 0 aliphatic heterocycles. The first-order valence-corrected chi connectivity index (χ1v) is 5.01. The second-order valence-corrected chi connectivity index (χ2v) is 3.78. The molecule has 0 fully saturated rings. The van der Waals surface area contributed by atoms with Gasteiger partial charge in [-0.2, -0.15) is 0 Å². The van der Waals surface area contributed by atoms with Crippen LogP contribution in [0.15, 0.2) is 16.7 Å². The summed E-state index contributed by atoms with van der Waals surface area (Å²) in [6.45, 7) is 0.472. The highest BCUT2D eigenvalue weighted by Gasteiger charge is 2.01. The van der Waals surface area contributed by atoms with Crippen LogP contribution in [0.25, 0.3) is 0 Å². The van der Waals surface area contributed by atoms with Crippen molar-refractivity contribution in [3.8, 4) is 0 Å². The van der Waals surface area contributed by atoms with Gasteiger partial charge in [-0.25, -0.2) is 0 Å². The lowest BCUT2D eigenvalue weighted by atomic mass is 10.3. The Hall–Kier alpha value is -0.610. The van der Waals surface area contributed by atoms with Crippen LogP contribution in [0, 0.1) is 0 Å². The van der Waals surface area contributed by atoms with Crippen molar-refractivity contribution in [2.24, 2.45) is 5.73 Å². The van der Waals surface area contributed by atoms with E-state index in [1.54, 1.807) is 12.5 Å². The molecule has 1 atom stereocenters. The Morgan fingerprint density at radius 3 is 2.91 bits per heavy atom. The molecule has 0 bridgehead atoms. The van der Waals surface area contributed by atoms with E-state index in [2.05, 4.69) is 0 Å². The highest BCUT2D eigenvalue weighted by Crippen LogP contribution is 2.08. The van der Waals surface area contributed by atoms with E-state index in [0.29, 0.717) is 12.3 Å². The molecule has 1 unspecified atom stereocenters. The van der Waals surface area contributed by atoms with Gasteiger partial charge in [0.15, 0.2) is 0 Å². The highest BCUT2D eigenvalue weighted by atomic mass is 32.2. The van der Waals surface area contributed by atoms with Gasteiger partial charge in [0.2, 0.25) is 0 Å². The third-order valence-corrected chi connectivity index (χ3v) is 1.98. The van der Waals surface area contributed by atoms with Crippen LogP contribution in [0.1, 0.15) is 11.3 Å². The summed E-state index contributed by atoms with van der Waals surface area (Å²) in [5.74, 6) is 1.21. The minimum atomic E-state index is -0.840. The first-order valence-electron chi connectivity index (χ1n) is 3.28. The monoisotopic (exact) mass is 173 g/mol. The molecule has 0 saturated carbocycles. The first kappa shape index (κ1) is 8.49. The molecule has 0 aliphatic carbocycles. The summed E-state index contributed by atoms with van der Waals surface area (Å²) in [4.78, 5) is 0. The van der Waals surface area contributed by atoms with Gasteiger partial charge in [-0.3, -0.25) is 4.21 Å². The quantitative estimate of drug-likeness (QED) is 0.728. The molecule has 4 heteroatoms. The molecule has 0 radical (unpaired) electrons. The summed E-state index contributed by atoms with van der Waals surface area (Å²) >= 11 is 0. The predicted octanol–water partition coefficient (Wildman–Crippen LogP) is 0.617. The largest absolute Gasteiger partial charge is 0.468 e. The molecule has 62 valence electrons. The Bertz CT molecular complexity index is 257. The number of furan rings is 1. The zero-order valence-electron chi connectivity index (χ0n) is 6.37. The third kappa shape index (κ3) is 2.48. The number of hydrogen-bond donors (Lipinski definition) is 1. The van der Waals surface area contributed by atoms with Crippen molar-refractivity contribution in [2.45, 2.75) is 12.3 Å². The first-order chi connectivity index (χ1) is 5.22. The number of hydrogen-bond acceptors (Lipinski definition) is 3. The summed E-state index contributed by atoms with van der Waals surface area (Å²) in [5.41, 5.74) is 6.31. The molecule has 3 nitrogen and oxygen atoms in total. The van der Waals surface area contributed by atoms with Crippen molar-refractivity contribution in [1.29, 1.82) is 0 Å². The minimum absolute atomic E-state index is 0.472. The van der Waals surface area contributed by atoms with Crippen LogP contribution in [0.4, 0.5) is 0 Å². The van der Waals surface area contributed by atoms with Gasteiger partial charge < -0.3 is 10.2 Å². The fourth-order valence-corrected chi connectivity index (χ4v) is 1.36. The Labute approximate surface area is 68.0 Å². The lowest BCUT2D eigenvalue weighted by Gasteiger charge is -1.88. The molecule has 1 aromatic rings. The van der Waals surface area contributed by atoms with Crippen molar-refractivity contribution in [1.82, 2.24) is 0 Å². The van der Waals surface area contributed by atoms with Crippen molar-refractivity contribution in [2.75, 3.05) is 6.26 Å². The molecular weight excluding hydrogens is 162 g/mol. The van der Waals surface area contributed by atoms with E-state index >= 15 is 0 Å². The molecule has 0 amide bonds. The fourth-order valence-electron chi connectivity index (χ4n) is 0.809. The normalized spacial score (nSPS) is 13.3. The molecule has 11 heavy (non-hydrogen) atoms. The lowest BCUT2D eigenvalue weighted by Crippen LogP contribution is -1.93. The standard InChI is InChI=1S/C7H11NO2S/c1-11(9)5-7-2-6(3-8)4-10-7/h2,4H,3,5,8H2,1H3. The van der Waals surface area contributed by atoms with Crippen LogP contribution in [-0.2, 0) is 23.1 Å². The van der Waals surface area contributed by atoms with Gasteiger partial charge in [0.1, 0.15) is 5.76 Å². The fraction of sp³-hybridized carbons (Fsp3) is 0.429. The van der Waals surface area contributed by atoms with E-state index in [9.17, 15) is 4.21 Å². The van der Waals surface area contributed by atoms with Gasteiger partial charge in [-0.05, 0) is 6.07 Å². The van der Waals surface area contributed by atoms with Crippen LogP contribution >= 0.6 is 0 Å². The van der Waals surface area contributed by atoms with Crippen LogP contribution < -0.4 is 5.73 Å². The molecule has 0 saturated heterocycles. The minimum Gasteiger partial charge on any atom is -0.468 e. The Morgan fingerprint density at radius 1 is 1.73 bits per heavy atom. The van der Waals surface area contributed by atoms with Crippen molar-refractivity contribution < 1.29 is 8.63 Å².